The van der Waals surface area contributed by atoms with E-state index in [-0.39, 0.29) is 10.5 Å². The van der Waals surface area contributed by atoms with Gasteiger partial charge in [-0.25, -0.2) is 18.2 Å². The number of hydrogen-bond donors (Lipinski definition) is 2. The number of aromatic amines is 1. The summed E-state index contributed by atoms with van der Waals surface area (Å²) >= 11 is 1.49. The molecule has 0 bridgehead atoms. The summed E-state index contributed by atoms with van der Waals surface area (Å²) in [5.74, 6) is -0.626. The SMILES string of the molecule is Cc1nc2ccc(NS(=O)(=O)c3ccc4[nH]c(=O)oc4c3)cc2s1. The molecule has 0 amide bonds. The minimum Gasteiger partial charge on any atom is -0.408 e. The number of nitrogens with one attached hydrogen (secondary N) is 2. The third-order valence-corrected chi connectivity index (χ3v) is 5.76. The molecule has 0 spiro atoms. The lowest BCUT2D eigenvalue weighted by molar-refractivity contribution is 0.554. The lowest BCUT2D eigenvalue weighted by Crippen LogP contribution is -2.12. The molecule has 24 heavy (non-hydrogen) atoms. The monoisotopic (exact) mass is 361 g/mol. The van der Waals surface area contributed by atoms with Gasteiger partial charge < -0.3 is 4.42 Å². The first-order valence-corrected chi connectivity index (χ1v) is 9.24. The number of aromatic nitrogens is 2. The molecule has 0 fully saturated rings. The fourth-order valence-corrected chi connectivity index (χ4v) is 4.34. The Morgan fingerprint density at radius 1 is 1.21 bits per heavy atom. The number of hydrogen-bond acceptors (Lipinski definition) is 6. The van der Waals surface area contributed by atoms with Crippen LogP contribution in [-0.2, 0) is 10.0 Å². The highest BCUT2D eigenvalue weighted by molar-refractivity contribution is 7.92. The van der Waals surface area contributed by atoms with Crippen LogP contribution in [0.3, 0.4) is 0 Å². The summed E-state index contributed by atoms with van der Waals surface area (Å²) in [6.45, 7) is 1.90. The Labute approximate surface area is 140 Å². The molecule has 0 saturated heterocycles. The maximum Gasteiger partial charge on any atom is 0.417 e. The van der Waals surface area contributed by atoms with Crippen LogP contribution in [0.1, 0.15) is 5.01 Å². The van der Waals surface area contributed by atoms with Crippen LogP contribution in [0, 0.1) is 6.92 Å². The van der Waals surface area contributed by atoms with Crippen molar-refractivity contribution in [3.8, 4) is 0 Å². The number of benzene rings is 2. The minimum atomic E-state index is -3.80. The van der Waals surface area contributed by atoms with Gasteiger partial charge in [0.05, 0.1) is 31.3 Å². The second kappa shape index (κ2) is 5.18. The van der Waals surface area contributed by atoms with Crippen LogP contribution in [0.25, 0.3) is 21.3 Å². The molecule has 4 rings (SSSR count). The number of sulfonamides is 1. The highest BCUT2D eigenvalue weighted by atomic mass is 32.2. The predicted molar refractivity (Wildman–Crippen MR) is 92.0 cm³/mol. The number of nitrogens with zero attached hydrogens (tertiary/aromatic N) is 1. The topological polar surface area (TPSA) is 105 Å². The number of aryl methyl sites for hydroxylation is 1. The number of thiazole rings is 1. The van der Waals surface area contributed by atoms with Gasteiger partial charge in [0.15, 0.2) is 5.58 Å². The van der Waals surface area contributed by atoms with E-state index in [4.69, 9.17) is 4.42 Å². The van der Waals surface area contributed by atoms with Gasteiger partial charge in [-0.1, -0.05) is 0 Å². The highest BCUT2D eigenvalue weighted by Gasteiger charge is 2.16. The Morgan fingerprint density at radius 3 is 2.88 bits per heavy atom. The van der Waals surface area contributed by atoms with Crippen molar-refractivity contribution in [3.05, 3.63) is 52.0 Å². The number of H-pyrrole nitrogens is 1. The van der Waals surface area contributed by atoms with Gasteiger partial charge in [-0.2, -0.15) is 0 Å². The number of rotatable bonds is 3. The molecule has 0 unspecified atom stereocenters. The van der Waals surface area contributed by atoms with Gasteiger partial charge in [0.2, 0.25) is 0 Å². The van der Waals surface area contributed by atoms with E-state index in [9.17, 15) is 13.2 Å². The van der Waals surface area contributed by atoms with E-state index in [0.717, 1.165) is 15.2 Å². The predicted octanol–water partition coefficient (Wildman–Crippen LogP) is 2.84. The molecule has 0 aliphatic rings. The Hall–Kier alpha value is -2.65. The van der Waals surface area contributed by atoms with Crippen molar-refractivity contribution in [2.24, 2.45) is 0 Å². The average molecular weight is 361 g/mol. The Kier molecular flexibility index (Phi) is 3.22. The molecule has 9 heteroatoms. The zero-order valence-corrected chi connectivity index (χ0v) is 14.0. The zero-order chi connectivity index (χ0) is 16.9. The van der Waals surface area contributed by atoms with Crippen molar-refractivity contribution in [3.63, 3.8) is 0 Å². The van der Waals surface area contributed by atoms with E-state index in [1.54, 1.807) is 18.2 Å². The summed E-state index contributed by atoms with van der Waals surface area (Å²) in [6.07, 6.45) is 0. The molecule has 2 aromatic heterocycles. The molecule has 2 aromatic carbocycles. The summed E-state index contributed by atoms with van der Waals surface area (Å²) < 4.78 is 33.4. The van der Waals surface area contributed by atoms with Crippen molar-refractivity contribution < 1.29 is 12.8 Å². The van der Waals surface area contributed by atoms with E-state index >= 15 is 0 Å². The van der Waals surface area contributed by atoms with Crippen LogP contribution in [-0.4, -0.2) is 18.4 Å². The van der Waals surface area contributed by atoms with Gasteiger partial charge in [-0.15, -0.1) is 11.3 Å². The van der Waals surface area contributed by atoms with Crippen molar-refractivity contribution >= 4 is 48.4 Å². The quantitative estimate of drug-likeness (QED) is 0.584. The molecule has 122 valence electrons. The molecule has 0 radical (unpaired) electrons. The normalized spacial score (nSPS) is 12.0. The summed E-state index contributed by atoms with van der Waals surface area (Å²) in [5, 5.41) is 0.915. The van der Waals surface area contributed by atoms with Gasteiger partial charge in [-0.05, 0) is 37.3 Å². The van der Waals surface area contributed by atoms with E-state index in [1.807, 2.05) is 6.92 Å². The molecule has 4 aromatic rings. The molecule has 0 aliphatic heterocycles. The van der Waals surface area contributed by atoms with Crippen molar-refractivity contribution in [1.82, 2.24) is 9.97 Å². The molecular weight excluding hydrogens is 350 g/mol. The molecule has 0 saturated carbocycles. The molecule has 0 aliphatic carbocycles. The first-order valence-electron chi connectivity index (χ1n) is 6.94. The molecule has 2 N–H and O–H groups in total. The Balaban J connectivity index is 1.73. The van der Waals surface area contributed by atoms with Gasteiger partial charge >= 0.3 is 5.76 Å². The van der Waals surface area contributed by atoms with E-state index < -0.39 is 15.8 Å². The maximum atomic E-state index is 12.5. The lowest BCUT2D eigenvalue weighted by Gasteiger charge is -2.07. The average Bonchev–Trinajstić information content (AvgIpc) is 3.05. The van der Waals surface area contributed by atoms with Gasteiger partial charge in [-0.3, -0.25) is 9.71 Å². The van der Waals surface area contributed by atoms with Crippen LogP contribution in [0.15, 0.2) is 50.5 Å². The zero-order valence-electron chi connectivity index (χ0n) is 12.4. The number of fused-ring (bicyclic) bond motifs is 2. The first kappa shape index (κ1) is 14.9. The second-order valence-electron chi connectivity index (χ2n) is 5.19. The van der Waals surface area contributed by atoms with Crippen molar-refractivity contribution in [2.45, 2.75) is 11.8 Å². The van der Waals surface area contributed by atoms with E-state index in [2.05, 4.69) is 14.7 Å². The third-order valence-electron chi connectivity index (χ3n) is 3.45. The Morgan fingerprint density at radius 2 is 2.04 bits per heavy atom. The van der Waals surface area contributed by atoms with Gasteiger partial charge in [0.25, 0.3) is 10.0 Å². The van der Waals surface area contributed by atoms with Gasteiger partial charge in [0.1, 0.15) is 0 Å². The van der Waals surface area contributed by atoms with Crippen LogP contribution >= 0.6 is 11.3 Å². The summed E-state index contributed by atoms with van der Waals surface area (Å²) in [7, 11) is -3.80. The van der Waals surface area contributed by atoms with Crippen LogP contribution < -0.4 is 10.5 Å². The van der Waals surface area contributed by atoms with Crippen molar-refractivity contribution in [2.75, 3.05) is 4.72 Å². The largest absolute Gasteiger partial charge is 0.417 e. The highest BCUT2D eigenvalue weighted by Crippen LogP contribution is 2.26. The molecular formula is C15H11N3O4S2. The van der Waals surface area contributed by atoms with Gasteiger partial charge in [0, 0.05) is 6.07 Å². The third kappa shape index (κ3) is 2.57. The summed E-state index contributed by atoms with van der Waals surface area (Å²) in [6, 6.07) is 9.38. The molecule has 2 heterocycles. The standard InChI is InChI=1S/C15H11N3O4S2/c1-8-16-12-4-2-9(6-14(12)23-8)18-24(20,21)10-3-5-11-13(7-10)22-15(19)17-11/h2-7,18H,1H3,(H,17,19). The summed E-state index contributed by atoms with van der Waals surface area (Å²) in [5.41, 5.74) is 1.91. The minimum absolute atomic E-state index is 0.0123. The first-order chi connectivity index (χ1) is 11.4. The lowest BCUT2D eigenvalue weighted by atomic mass is 10.3. The second-order valence-corrected chi connectivity index (χ2v) is 8.11. The van der Waals surface area contributed by atoms with Crippen LogP contribution in [0.2, 0.25) is 0 Å². The van der Waals surface area contributed by atoms with Crippen molar-refractivity contribution in [1.29, 1.82) is 0 Å². The maximum absolute atomic E-state index is 12.5. The van der Waals surface area contributed by atoms with E-state index in [1.165, 1.54) is 29.5 Å². The number of oxazole rings is 1. The smallest absolute Gasteiger partial charge is 0.408 e. The number of anilines is 1. The van der Waals surface area contributed by atoms with Crippen LogP contribution in [0.5, 0.6) is 0 Å². The van der Waals surface area contributed by atoms with Crippen LogP contribution in [0.4, 0.5) is 5.69 Å². The fraction of sp³-hybridized carbons (Fsp3) is 0.0667. The molecule has 0 atom stereocenters. The molecule has 7 nitrogen and oxygen atoms in total. The summed E-state index contributed by atoms with van der Waals surface area (Å²) in [4.78, 5) is 18.0. The fourth-order valence-electron chi connectivity index (χ4n) is 2.41. The van der Waals surface area contributed by atoms with E-state index in [0.29, 0.717) is 11.2 Å². The Bertz CT molecular complexity index is 1230.